The van der Waals surface area contributed by atoms with Crippen molar-refractivity contribution in [1.82, 2.24) is 4.98 Å². The summed E-state index contributed by atoms with van der Waals surface area (Å²) in [5.41, 5.74) is 1.45. The molecule has 0 atom stereocenters. The van der Waals surface area contributed by atoms with Crippen LogP contribution in [0.4, 0.5) is 5.82 Å². The summed E-state index contributed by atoms with van der Waals surface area (Å²) in [5, 5.41) is 19.3. The van der Waals surface area contributed by atoms with Gasteiger partial charge in [-0.25, -0.2) is 4.98 Å². The predicted molar refractivity (Wildman–Crippen MR) is 64.7 cm³/mol. The number of fused-ring (bicyclic) bond motifs is 1. The Morgan fingerprint density at radius 1 is 1.35 bits per heavy atom. The van der Waals surface area contributed by atoms with Crippen molar-refractivity contribution < 1.29 is 5.11 Å². The second-order valence-corrected chi connectivity index (χ2v) is 4.22. The normalized spacial score (nSPS) is 15.6. The lowest BCUT2D eigenvalue weighted by molar-refractivity contribution is 0.141. The maximum atomic E-state index is 9.28. The van der Waals surface area contributed by atoms with Crippen LogP contribution in [-0.4, -0.2) is 29.3 Å². The van der Waals surface area contributed by atoms with Gasteiger partial charge in [-0.15, -0.1) is 0 Å². The Kier molecular flexibility index (Phi) is 2.20. The van der Waals surface area contributed by atoms with Crippen LogP contribution in [0, 0.1) is 11.3 Å². The second kappa shape index (κ2) is 3.72. The van der Waals surface area contributed by atoms with Crippen LogP contribution in [0.3, 0.4) is 0 Å². The van der Waals surface area contributed by atoms with Gasteiger partial charge < -0.3 is 10.0 Å². The number of nitrogens with zero attached hydrogens (tertiary/aromatic N) is 3. The van der Waals surface area contributed by atoms with Crippen LogP contribution in [0.2, 0.25) is 0 Å². The van der Waals surface area contributed by atoms with Gasteiger partial charge in [0, 0.05) is 18.5 Å². The smallest absolute Gasteiger partial charge is 0.130 e. The Labute approximate surface area is 98.7 Å². The fourth-order valence-corrected chi connectivity index (χ4v) is 2.06. The van der Waals surface area contributed by atoms with Gasteiger partial charge in [0.25, 0.3) is 0 Å². The van der Waals surface area contributed by atoms with Crippen molar-refractivity contribution in [2.45, 2.75) is 6.10 Å². The minimum Gasteiger partial charge on any atom is -0.389 e. The third-order valence-corrected chi connectivity index (χ3v) is 3.01. The Balaban J connectivity index is 2.13. The number of aliphatic hydroxyl groups excluding tert-OH is 1. The third kappa shape index (κ3) is 1.61. The van der Waals surface area contributed by atoms with Crippen molar-refractivity contribution in [3.63, 3.8) is 0 Å². The molecule has 0 radical (unpaired) electrons. The third-order valence-electron chi connectivity index (χ3n) is 3.01. The SMILES string of the molecule is N#Cc1cc(N2CC(O)C2)nc2ccccc12. The number of rotatable bonds is 1. The number of β-amino-alcohol motifs (C(OH)–C–C–N with tert-alkyl or cyclic N) is 1. The molecular weight excluding hydrogens is 214 g/mol. The molecule has 3 rings (SSSR count). The Bertz CT molecular complexity index is 612. The highest BCUT2D eigenvalue weighted by atomic mass is 16.3. The predicted octanol–water partition coefficient (Wildman–Crippen LogP) is 1.29. The summed E-state index contributed by atoms with van der Waals surface area (Å²) in [6.07, 6.45) is -0.270. The Morgan fingerprint density at radius 3 is 2.82 bits per heavy atom. The molecule has 17 heavy (non-hydrogen) atoms. The van der Waals surface area contributed by atoms with Gasteiger partial charge in [0.1, 0.15) is 5.82 Å². The van der Waals surface area contributed by atoms with Gasteiger partial charge in [-0.3, -0.25) is 0 Å². The number of anilines is 1. The van der Waals surface area contributed by atoms with E-state index in [9.17, 15) is 5.11 Å². The lowest BCUT2D eigenvalue weighted by Crippen LogP contribution is -2.51. The number of benzene rings is 1. The van der Waals surface area contributed by atoms with E-state index in [1.807, 2.05) is 29.2 Å². The standard InChI is InChI=1S/C13H11N3O/c14-6-9-5-13(16-7-10(17)8-16)15-12-4-2-1-3-11(9)12/h1-5,10,17H,7-8H2. The number of pyridine rings is 1. The van der Waals surface area contributed by atoms with Gasteiger partial charge >= 0.3 is 0 Å². The van der Waals surface area contributed by atoms with E-state index >= 15 is 0 Å². The van der Waals surface area contributed by atoms with Gasteiger partial charge in [-0.1, -0.05) is 18.2 Å². The van der Waals surface area contributed by atoms with Gasteiger partial charge in [0.15, 0.2) is 0 Å². The molecule has 1 saturated heterocycles. The van der Waals surface area contributed by atoms with E-state index < -0.39 is 0 Å². The van der Waals surface area contributed by atoms with Gasteiger partial charge in [-0.2, -0.15) is 5.26 Å². The summed E-state index contributed by atoms with van der Waals surface area (Å²) < 4.78 is 0. The van der Waals surface area contributed by atoms with E-state index in [1.54, 1.807) is 6.07 Å². The van der Waals surface area contributed by atoms with Crippen molar-refractivity contribution in [1.29, 1.82) is 5.26 Å². The maximum absolute atomic E-state index is 9.28. The molecule has 1 aromatic heterocycles. The van der Waals surface area contributed by atoms with E-state index in [4.69, 9.17) is 5.26 Å². The summed E-state index contributed by atoms with van der Waals surface area (Å²) in [6.45, 7) is 1.19. The number of para-hydroxylation sites is 1. The van der Waals surface area contributed by atoms with E-state index in [2.05, 4.69) is 11.1 Å². The topological polar surface area (TPSA) is 60.2 Å². The molecule has 0 spiro atoms. The molecule has 0 amide bonds. The average molecular weight is 225 g/mol. The molecule has 4 heteroatoms. The highest BCUT2D eigenvalue weighted by Crippen LogP contribution is 2.25. The fraction of sp³-hybridized carbons (Fsp3) is 0.231. The highest BCUT2D eigenvalue weighted by Gasteiger charge is 2.26. The number of aliphatic hydroxyl groups is 1. The zero-order chi connectivity index (χ0) is 11.8. The van der Waals surface area contributed by atoms with Gasteiger partial charge in [0.2, 0.25) is 0 Å². The fourth-order valence-electron chi connectivity index (χ4n) is 2.06. The molecular formula is C13H11N3O. The minimum absolute atomic E-state index is 0.270. The summed E-state index contributed by atoms with van der Waals surface area (Å²) >= 11 is 0. The van der Waals surface area contributed by atoms with Crippen LogP contribution in [0.1, 0.15) is 5.56 Å². The second-order valence-electron chi connectivity index (χ2n) is 4.22. The van der Waals surface area contributed by atoms with Crippen LogP contribution in [0.15, 0.2) is 30.3 Å². The molecule has 1 fully saturated rings. The Morgan fingerprint density at radius 2 is 2.12 bits per heavy atom. The first-order chi connectivity index (χ1) is 8.28. The van der Waals surface area contributed by atoms with Crippen molar-refractivity contribution in [3.8, 4) is 6.07 Å². The lowest BCUT2D eigenvalue weighted by atomic mass is 10.1. The molecule has 84 valence electrons. The average Bonchev–Trinajstić information content (AvgIpc) is 2.33. The zero-order valence-electron chi connectivity index (χ0n) is 9.17. The van der Waals surface area contributed by atoms with E-state index in [0.717, 1.165) is 16.7 Å². The van der Waals surface area contributed by atoms with Crippen molar-refractivity contribution >= 4 is 16.7 Å². The maximum Gasteiger partial charge on any atom is 0.130 e. The number of nitriles is 1. The molecule has 1 aliphatic rings. The first-order valence-electron chi connectivity index (χ1n) is 5.51. The quantitative estimate of drug-likeness (QED) is 0.794. The molecule has 0 aliphatic carbocycles. The summed E-state index contributed by atoms with van der Waals surface area (Å²) in [4.78, 5) is 6.47. The summed E-state index contributed by atoms with van der Waals surface area (Å²) in [7, 11) is 0. The van der Waals surface area contributed by atoms with Crippen molar-refractivity contribution in [3.05, 3.63) is 35.9 Å². The summed E-state index contributed by atoms with van der Waals surface area (Å²) in [5.74, 6) is 0.769. The van der Waals surface area contributed by atoms with E-state index in [1.165, 1.54) is 0 Å². The van der Waals surface area contributed by atoms with Crippen LogP contribution in [0.25, 0.3) is 10.9 Å². The van der Waals surface area contributed by atoms with E-state index in [-0.39, 0.29) is 6.10 Å². The number of hydrogen-bond acceptors (Lipinski definition) is 4. The van der Waals surface area contributed by atoms with Crippen LogP contribution in [-0.2, 0) is 0 Å². The molecule has 0 unspecified atom stereocenters. The molecule has 0 bridgehead atoms. The van der Waals surface area contributed by atoms with E-state index in [0.29, 0.717) is 18.7 Å². The van der Waals surface area contributed by atoms with Crippen molar-refractivity contribution in [2.75, 3.05) is 18.0 Å². The largest absolute Gasteiger partial charge is 0.389 e. The number of aromatic nitrogens is 1. The molecule has 1 N–H and O–H groups in total. The monoisotopic (exact) mass is 225 g/mol. The first kappa shape index (κ1) is 10.1. The molecule has 1 aromatic carbocycles. The molecule has 1 aliphatic heterocycles. The Hall–Kier alpha value is -2.12. The molecule has 2 heterocycles. The van der Waals surface area contributed by atoms with Crippen LogP contribution >= 0.6 is 0 Å². The zero-order valence-corrected chi connectivity index (χ0v) is 9.17. The van der Waals surface area contributed by atoms with Crippen molar-refractivity contribution in [2.24, 2.45) is 0 Å². The minimum atomic E-state index is -0.270. The summed E-state index contributed by atoms with van der Waals surface area (Å²) in [6, 6.07) is 11.6. The molecule has 2 aromatic rings. The number of hydrogen-bond donors (Lipinski definition) is 1. The first-order valence-corrected chi connectivity index (χ1v) is 5.51. The highest BCUT2D eigenvalue weighted by molar-refractivity contribution is 5.86. The molecule has 4 nitrogen and oxygen atoms in total. The van der Waals surface area contributed by atoms with Crippen LogP contribution in [0.5, 0.6) is 0 Å². The lowest BCUT2D eigenvalue weighted by Gasteiger charge is -2.37. The van der Waals surface area contributed by atoms with Gasteiger partial charge in [-0.05, 0) is 12.1 Å². The van der Waals surface area contributed by atoms with Gasteiger partial charge in [0.05, 0.1) is 23.3 Å². The van der Waals surface area contributed by atoms with Crippen LogP contribution < -0.4 is 4.90 Å². The molecule has 0 saturated carbocycles.